The minimum atomic E-state index is -0.0962. The van der Waals surface area contributed by atoms with Gasteiger partial charge in [0.2, 0.25) is 5.91 Å². The number of piperidine rings is 1. The predicted octanol–water partition coefficient (Wildman–Crippen LogP) is 6.03. The second kappa shape index (κ2) is 12.2. The zero-order valence-corrected chi connectivity index (χ0v) is 22.4. The van der Waals surface area contributed by atoms with Crippen LogP contribution >= 0.6 is 23.4 Å². The number of amides is 2. The molecule has 0 saturated carbocycles. The quantitative estimate of drug-likeness (QED) is 0.384. The first-order valence-corrected chi connectivity index (χ1v) is 14.3. The maximum atomic E-state index is 12.8. The molecule has 3 aromatic rings. The van der Waals surface area contributed by atoms with Crippen molar-refractivity contribution in [2.24, 2.45) is 0 Å². The van der Waals surface area contributed by atoms with Gasteiger partial charge in [0, 0.05) is 30.2 Å². The number of hydrogen-bond acceptors (Lipinski definition) is 4. The first-order chi connectivity index (χ1) is 18.0. The van der Waals surface area contributed by atoms with Crippen molar-refractivity contribution < 1.29 is 9.59 Å². The third-order valence-electron chi connectivity index (χ3n) is 6.99. The molecule has 2 aliphatic heterocycles. The molecule has 0 unspecified atom stereocenters. The SMILES string of the molecule is O=C(NCc1cccc(CN2CCCCC2)c1)c1ccc([C@H]2SCC(=O)N2Cc2ccc(Cl)cc2)cc1. The lowest BCUT2D eigenvalue weighted by Crippen LogP contribution is -2.29. The summed E-state index contributed by atoms with van der Waals surface area (Å²) in [6.45, 7) is 4.34. The number of rotatable bonds is 8. The van der Waals surface area contributed by atoms with Gasteiger partial charge in [-0.25, -0.2) is 0 Å². The molecule has 0 aromatic heterocycles. The Balaban J connectivity index is 1.18. The second-order valence-electron chi connectivity index (χ2n) is 9.77. The second-order valence-corrected chi connectivity index (χ2v) is 11.3. The molecule has 1 N–H and O–H groups in total. The van der Waals surface area contributed by atoms with Gasteiger partial charge in [-0.3, -0.25) is 14.5 Å². The van der Waals surface area contributed by atoms with Gasteiger partial charge >= 0.3 is 0 Å². The summed E-state index contributed by atoms with van der Waals surface area (Å²) in [5.74, 6) is 0.479. The van der Waals surface area contributed by atoms with Gasteiger partial charge in [-0.05, 0) is 72.5 Å². The number of nitrogens with zero attached hydrogens (tertiary/aromatic N) is 2. The van der Waals surface area contributed by atoms with Crippen LogP contribution < -0.4 is 5.32 Å². The maximum Gasteiger partial charge on any atom is 0.251 e. The van der Waals surface area contributed by atoms with E-state index in [1.165, 1.54) is 37.9 Å². The summed E-state index contributed by atoms with van der Waals surface area (Å²) >= 11 is 7.62. The van der Waals surface area contributed by atoms with Gasteiger partial charge in [-0.1, -0.05) is 66.6 Å². The first-order valence-electron chi connectivity index (χ1n) is 12.9. The van der Waals surface area contributed by atoms with Gasteiger partial charge in [0.1, 0.15) is 5.37 Å². The van der Waals surface area contributed by atoms with E-state index in [-0.39, 0.29) is 17.2 Å². The summed E-state index contributed by atoms with van der Waals surface area (Å²) in [4.78, 5) is 29.8. The third-order valence-corrected chi connectivity index (χ3v) is 8.50. The molecule has 192 valence electrons. The summed E-state index contributed by atoms with van der Waals surface area (Å²) in [6, 6.07) is 23.7. The standard InChI is InChI=1S/C30H32ClN3O2S/c31-27-13-7-22(8-14-27)20-34-28(35)21-37-30(34)26-11-9-25(10-12-26)29(36)32-18-23-5-4-6-24(17-23)19-33-15-2-1-3-16-33/h4-14,17,30H,1-3,15-16,18-21H2,(H,32,36)/t30-/m1/s1. The summed E-state index contributed by atoms with van der Waals surface area (Å²) in [6.07, 6.45) is 3.90. The van der Waals surface area contributed by atoms with E-state index in [4.69, 9.17) is 11.6 Å². The van der Waals surface area contributed by atoms with Gasteiger partial charge in [0.15, 0.2) is 0 Å². The Hall–Kier alpha value is -2.80. The Labute approximate surface area is 228 Å². The van der Waals surface area contributed by atoms with E-state index in [1.807, 2.05) is 53.4 Å². The number of thioether (sulfide) groups is 1. The maximum absolute atomic E-state index is 12.8. The van der Waals surface area contributed by atoms with Crippen LogP contribution in [0.15, 0.2) is 72.8 Å². The Morgan fingerprint density at radius 3 is 2.38 bits per heavy atom. The van der Waals surface area contributed by atoms with Gasteiger partial charge < -0.3 is 10.2 Å². The van der Waals surface area contributed by atoms with Crippen LogP contribution in [0.3, 0.4) is 0 Å². The van der Waals surface area contributed by atoms with Gasteiger partial charge in [0.05, 0.1) is 5.75 Å². The molecule has 0 spiro atoms. The largest absolute Gasteiger partial charge is 0.348 e. The van der Waals surface area contributed by atoms with Crippen molar-refractivity contribution in [3.63, 3.8) is 0 Å². The number of carbonyl (C=O) groups is 2. The molecule has 3 aromatic carbocycles. The Bertz CT molecular complexity index is 1230. The molecule has 2 heterocycles. The highest BCUT2D eigenvalue weighted by molar-refractivity contribution is 8.00. The van der Waals surface area contributed by atoms with E-state index < -0.39 is 0 Å². The van der Waals surface area contributed by atoms with Crippen LogP contribution in [-0.2, 0) is 24.4 Å². The highest BCUT2D eigenvalue weighted by Crippen LogP contribution is 2.39. The van der Waals surface area contributed by atoms with Gasteiger partial charge in [0.25, 0.3) is 5.91 Å². The van der Waals surface area contributed by atoms with Crippen molar-refractivity contribution in [3.05, 3.63) is 106 Å². The lowest BCUT2D eigenvalue weighted by molar-refractivity contribution is -0.128. The molecule has 2 saturated heterocycles. The Kier molecular flexibility index (Phi) is 8.49. The van der Waals surface area contributed by atoms with Crippen molar-refractivity contribution in [1.29, 1.82) is 0 Å². The number of nitrogens with one attached hydrogen (secondary N) is 1. The molecular formula is C30H32ClN3O2S. The fourth-order valence-corrected chi connectivity index (χ4v) is 6.30. The van der Waals surface area contributed by atoms with E-state index in [0.717, 1.165) is 23.2 Å². The van der Waals surface area contributed by atoms with Gasteiger partial charge in [-0.2, -0.15) is 0 Å². The highest BCUT2D eigenvalue weighted by Gasteiger charge is 2.32. The smallest absolute Gasteiger partial charge is 0.251 e. The molecule has 1 atom stereocenters. The number of hydrogen-bond donors (Lipinski definition) is 1. The molecule has 7 heteroatoms. The normalized spacial score (nSPS) is 18.2. The monoisotopic (exact) mass is 533 g/mol. The highest BCUT2D eigenvalue weighted by atomic mass is 35.5. The topological polar surface area (TPSA) is 52.7 Å². The fraction of sp³-hybridized carbons (Fsp3) is 0.333. The Morgan fingerprint density at radius 1 is 0.892 bits per heavy atom. The number of halogens is 1. The molecule has 5 nitrogen and oxygen atoms in total. The summed E-state index contributed by atoms with van der Waals surface area (Å²) in [7, 11) is 0. The minimum Gasteiger partial charge on any atom is -0.348 e. The van der Waals surface area contributed by atoms with Crippen LogP contribution in [0.1, 0.15) is 57.2 Å². The van der Waals surface area contributed by atoms with Crippen molar-refractivity contribution in [3.8, 4) is 0 Å². The molecule has 37 heavy (non-hydrogen) atoms. The summed E-state index contributed by atoms with van der Waals surface area (Å²) in [5.41, 5.74) is 5.09. The molecule has 2 fully saturated rings. The van der Waals surface area contributed by atoms with Crippen LogP contribution in [0.2, 0.25) is 5.02 Å². The summed E-state index contributed by atoms with van der Waals surface area (Å²) in [5, 5.41) is 3.67. The van der Waals surface area contributed by atoms with E-state index in [9.17, 15) is 9.59 Å². The number of likely N-dealkylation sites (tertiary alicyclic amines) is 1. The predicted molar refractivity (Wildman–Crippen MR) is 150 cm³/mol. The van der Waals surface area contributed by atoms with Crippen molar-refractivity contribution in [2.45, 2.75) is 44.3 Å². The van der Waals surface area contributed by atoms with Crippen LogP contribution in [0.4, 0.5) is 0 Å². The molecule has 5 rings (SSSR count). The van der Waals surface area contributed by atoms with E-state index in [2.05, 4.69) is 34.5 Å². The molecular weight excluding hydrogens is 502 g/mol. The van der Waals surface area contributed by atoms with E-state index >= 15 is 0 Å². The average molecular weight is 534 g/mol. The molecule has 0 radical (unpaired) electrons. The van der Waals surface area contributed by atoms with Crippen molar-refractivity contribution >= 4 is 35.2 Å². The lowest BCUT2D eigenvalue weighted by Gasteiger charge is -2.26. The van der Waals surface area contributed by atoms with Crippen LogP contribution in [-0.4, -0.2) is 40.5 Å². The third kappa shape index (κ3) is 6.75. The molecule has 0 bridgehead atoms. The van der Waals surface area contributed by atoms with E-state index in [1.54, 1.807) is 11.8 Å². The van der Waals surface area contributed by atoms with Gasteiger partial charge in [-0.15, -0.1) is 11.8 Å². The molecule has 2 amide bonds. The lowest BCUT2D eigenvalue weighted by atomic mass is 10.1. The van der Waals surface area contributed by atoms with Crippen LogP contribution in [0.5, 0.6) is 0 Å². The molecule has 2 aliphatic rings. The fourth-order valence-electron chi connectivity index (χ4n) is 4.98. The zero-order valence-electron chi connectivity index (χ0n) is 20.9. The van der Waals surface area contributed by atoms with Crippen molar-refractivity contribution in [1.82, 2.24) is 15.1 Å². The average Bonchev–Trinajstić information content (AvgIpc) is 3.29. The summed E-state index contributed by atoms with van der Waals surface area (Å²) < 4.78 is 0. The first kappa shape index (κ1) is 25.8. The number of benzene rings is 3. The number of carbonyl (C=O) groups excluding carboxylic acids is 2. The van der Waals surface area contributed by atoms with Crippen LogP contribution in [0.25, 0.3) is 0 Å². The van der Waals surface area contributed by atoms with Crippen LogP contribution in [0, 0.1) is 0 Å². The molecule has 0 aliphatic carbocycles. The van der Waals surface area contributed by atoms with Crippen molar-refractivity contribution in [2.75, 3.05) is 18.8 Å². The van der Waals surface area contributed by atoms with E-state index in [0.29, 0.717) is 29.4 Å². The zero-order chi connectivity index (χ0) is 25.6. The Morgan fingerprint density at radius 2 is 1.62 bits per heavy atom. The minimum absolute atomic E-state index is 0.0667.